The quantitative estimate of drug-likeness (QED) is 0.744. The highest BCUT2D eigenvalue weighted by Crippen LogP contribution is 2.30. The molecular formula is C15H11FO2. The summed E-state index contributed by atoms with van der Waals surface area (Å²) in [6.07, 6.45) is 1.21. The molecule has 3 heteroatoms. The van der Waals surface area contributed by atoms with Gasteiger partial charge in [-0.05, 0) is 16.3 Å². The first kappa shape index (κ1) is 11.0. The third-order valence-corrected chi connectivity index (χ3v) is 3.05. The number of hydrogen-bond donors (Lipinski definition) is 1. The summed E-state index contributed by atoms with van der Waals surface area (Å²) in [7, 11) is 0. The van der Waals surface area contributed by atoms with E-state index >= 15 is 0 Å². The lowest BCUT2D eigenvalue weighted by Crippen LogP contribution is -2.01. The van der Waals surface area contributed by atoms with Gasteiger partial charge in [-0.3, -0.25) is 0 Å². The van der Waals surface area contributed by atoms with Gasteiger partial charge < -0.3 is 9.52 Å². The average molecular weight is 242 g/mol. The fraction of sp³-hybridized carbons (Fsp3) is 0.0667. The Morgan fingerprint density at radius 3 is 2.50 bits per heavy atom. The van der Waals surface area contributed by atoms with Crippen LogP contribution in [0.25, 0.3) is 10.8 Å². The van der Waals surface area contributed by atoms with Crippen molar-refractivity contribution in [2.75, 3.05) is 0 Å². The smallest absolute Gasteiger partial charge is 0.167 e. The number of fused-ring (bicyclic) bond motifs is 1. The first-order valence-electron chi connectivity index (χ1n) is 5.64. The molecule has 1 N–H and O–H groups in total. The molecule has 0 spiro atoms. The number of benzene rings is 2. The summed E-state index contributed by atoms with van der Waals surface area (Å²) < 4.78 is 18.2. The zero-order valence-corrected chi connectivity index (χ0v) is 9.51. The highest BCUT2D eigenvalue weighted by molar-refractivity contribution is 5.86. The van der Waals surface area contributed by atoms with Crippen LogP contribution in [0.15, 0.2) is 59.4 Å². The number of aliphatic hydroxyl groups is 1. The van der Waals surface area contributed by atoms with Crippen molar-refractivity contribution in [1.29, 1.82) is 0 Å². The number of furan rings is 1. The molecule has 0 amide bonds. The number of hydrogen-bond acceptors (Lipinski definition) is 2. The van der Waals surface area contributed by atoms with Gasteiger partial charge in [0.2, 0.25) is 0 Å². The summed E-state index contributed by atoms with van der Waals surface area (Å²) in [5, 5.41) is 12.2. The van der Waals surface area contributed by atoms with Crippen molar-refractivity contribution in [1.82, 2.24) is 0 Å². The molecular weight excluding hydrogens is 231 g/mol. The van der Waals surface area contributed by atoms with Crippen LogP contribution in [0.2, 0.25) is 0 Å². The molecule has 0 fully saturated rings. The maximum absolute atomic E-state index is 13.4. The molecule has 18 heavy (non-hydrogen) atoms. The maximum Gasteiger partial charge on any atom is 0.167 e. The number of rotatable bonds is 2. The largest absolute Gasteiger partial charge is 0.469 e. The van der Waals surface area contributed by atoms with E-state index in [0.29, 0.717) is 5.56 Å². The lowest BCUT2D eigenvalue weighted by Gasteiger charge is -2.12. The van der Waals surface area contributed by atoms with Crippen LogP contribution in [-0.4, -0.2) is 5.11 Å². The highest BCUT2D eigenvalue weighted by Gasteiger charge is 2.18. The Bertz CT molecular complexity index is 682. The Morgan fingerprint density at radius 1 is 0.944 bits per heavy atom. The van der Waals surface area contributed by atoms with Crippen LogP contribution in [-0.2, 0) is 0 Å². The van der Waals surface area contributed by atoms with E-state index < -0.39 is 11.9 Å². The van der Waals surface area contributed by atoms with Crippen molar-refractivity contribution in [3.63, 3.8) is 0 Å². The van der Waals surface area contributed by atoms with Crippen molar-refractivity contribution in [3.8, 4) is 0 Å². The normalized spacial score (nSPS) is 12.8. The predicted molar refractivity (Wildman–Crippen MR) is 66.7 cm³/mol. The summed E-state index contributed by atoms with van der Waals surface area (Å²) in [6.45, 7) is 0. The summed E-state index contributed by atoms with van der Waals surface area (Å²) >= 11 is 0. The van der Waals surface area contributed by atoms with Crippen LogP contribution in [0, 0.1) is 5.82 Å². The van der Waals surface area contributed by atoms with Crippen molar-refractivity contribution < 1.29 is 13.9 Å². The summed E-state index contributed by atoms with van der Waals surface area (Å²) in [6, 6.07) is 13.3. The Labute approximate surface area is 103 Å². The molecule has 90 valence electrons. The fourth-order valence-corrected chi connectivity index (χ4v) is 2.14. The van der Waals surface area contributed by atoms with Gasteiger partial charge in [-0.15, -0.1) is 0 Å². The minimum Gasteiger partial charge on any atom is -0.469 e. The van der Waals surface area contributed by atoms with E-state index in [1.807, 2.05) is 36.4 Å². The predicted octanol–water partition coefficient (Wildman–Crippen LogP) is 3.65. The summed E-state index contributed by atoms with van der Waals surface area (Å²) in [4.78, 5) is 0. The van der Waals surface area contributed by atoms with Crippen molar-refractivity contribution in [2.24, 2.45) is 0 Å². The van der Waals surface area contributed by atoms with Gasteiger partial charge >= 0.3 is 0 Å². The van der Waals surface area contributed by atoms with Gasteiger partial charge in [0.05, 0.1) is 11.8 Å². The molecule has 1 atom stereocenters. The molecule has 1 heterocycles. The van der Waals surface area contributed by atoms with Gasteiger partial charge in [0, 0.05) is 0 Å². The lowest BCUT2D eigenvalue weighted by molar-refractivity contribution is 0.216. The Kier molecular flexibility index (Phi) is 2.61. The lowest BCUT2D eigenvalue weighted by atomic mass is 9.97. The molecule has 0 saturated heterocycles. The first-order chi connectivity index (χ1) is 8.77. The second-order valence-electron chi connectivity index (χ2n) is 4.15. The molecule has 3 aromatic rings. The zero-order valence-electron chi connectivity index (χ0n) is 9.51. The first-order valence-corrected chi connectivity index (χ1v) is 5.64. The van der Waals surface area contributed by atoms with Crippen LogP contribution in [0.5, 0.6) is 0 Å². The van der Waals surface area contributed by atoms with E-state index in [2.05, 4.69) is 0 Å². The molecule has 0 aliphatic rings. The minimum atomic E-state index is -1.02. The van der Waals surface area contributed by atoms with Crippen LogP contribution in [0.4, 0.5) is 4.39 Å². The monoisotopic (exact) mass is 242 g/mol. The molecule has 0 aliphatic heterocycles. The minimum absolute atomic E-state index is 0.159. The number of aliphatic hydroxyl groups excluding tert-OH is 1. The van der Waals surface area contributed by atoms with Crippen molar-refractivity contribution in [2.45, 2.75) is 6.10 Å². The van der Waals surface area contributed by atoms with Crippen LogP contribution in [0.3, 0.4) is 0 Å². The van der Waals surface area contributed by atoms with Crippen LogP contribution < -0.4 is 0 Å². The zero-order chi connectivity index (χ0) is 12.5. The standard InChI is InChI=1S/C15H11FO2/c16-14-9-18-8-13(14)15(17)12-7-3-5-10-4-1-2-6-11(10)12/h1-9,15,17H. The van der Waals surface area contributed by atoms with Crippen molar-refractivity contribution in [3.05, 3.63) is 71.9 Å². The van der Waals surface area contributed by atoms with Gasteiger partial charge in [-0.25, -0.2) is 4.39 Å². The van der Waals surface area contributed by atoms with E-state index in [4.69, 9.17) is 4.42 Å². The maximum atomic E-state index is 13.4. The second kappa shape index (κ2) is 4.27. The molecule has 0 saturated carbocycles. The Hall–Kier alpha value is -2.13. The van der Waals surface area contributed by atoms with E-state index in [1.165, 1.54) is 6.26 Å². The van der Waals surface area contributed by atoms with Crippen molar-refractivity contribution >= 4 is 10.8 Å². The summed E-state index contributed by atoms with van der Waals surface area (Å²) in [5.74, 6) is -0.532. The highest BCUT2D eigenvalue weighted by atomic mass is 19.1. The van der Waals surface area contributed by atoms with Crippen LogP contribution in [0.1, 0.15) is 17.2 Å². The van der Waals surface area contributed by atoms with E-state index in [9.17, 15) is 9.50 Å². The molecule has 0 aliphatic carbocycles. The average Bonchev–Trinajstić information content (AvgIpc) is 2.83. The molecule has 0 bridgehead atoms. The Morgan fingerprint density at radius 2 is 1.72 bits per heavy atom. The second-order valence-corrected chi connectivity index (χ2v) is 4.15. The van der Waals surface area contributed by atoms with Gasteiger partial charge in [-0.2, -0.15) is 0 Å². The molecule has 2 nitrogen and oxygen atoms in total. The topological polar surface area (TPSA) is 33.4 Å². The van der Waals surface area contributed by atoms with Gasteiger partial charge in [0.1, 0.15) is 12.4 Å². The SMILES string of the molecule is OC(c1cocc1F)c1cccc2ccccc12. The third-order valence-electron chi connectivity index (χ3n) is 3.05. The van der Waals surface area contributed by atoms with Crippen LogP contribution >= 0.6 is 0 Å². The van der Waals surface area contributed by atoms with E-state index in [0.717, 1.165) is 17.0 Å². The van der Waals surface area contributed by atoms with E-state index in [1.54, 1.807) is 6.07 Å². The third kappa shape index (κ3) is 1.69. The van der Waals surface area contributed by atoms with Gasteiger partial charge in [-0.1, -0.05) is 42.5 Å². The molecule has 1 unspecified atom stereocenters. The van der Waals surface area contributed by atoms with Gasteiger partial charge in [0.25, 0.3) is 0 Å². The molecule has 2 aromatic carbocycles. The molecule has 3 rings (SSSR count). The number of halogens is 1. The molecule has 1 aromatic heterocycles. The Balaban J connectivity index is 2.18. The van der Waals surface area contributed by atoms with E-state index in [-0.39, 0.29) is 5.56 Å². The summed E-state index contributed by atoms with van der Waals surface area (Å²) in [5.41, 5.74) is 0.833. The fourth-order valence-electron chi connectivity index (χ4n) is 2.14. The van der Waals surface area contributed by atoms with Gasteiger partial charge in [0.15, 0.2) is 5.82 Å². The molecule has 0 radical (unpaired) electrons.